The molecule has 1 unspecified atom stereocenters. The van der Waals surface area contributed by atoms with Gasteiger partial charge in [0.05, 0.1) is 0 Å². The number of aliphatic carboxylic acids is 1. The summed E-state index contributed by atoms with van der Waals surface area (Å²) < 4.78 is 5.93. The molecule has 0 rings (SSSR count). The van der Waals surface area contributed by atoms with Crippen LogP contribution in [0.1, 0.15) is 6.92 Å². The van der Waals surface area contributed by atoms with E-state index >= 15 is 0 Å². The zero-order valence-electron chi connectivity index (χ0n) is 4.34. The summed E-state index contributed by atoms with van der Waals surface area (Å²) in [5.41, 5.74) is 0. The predicted molar refractivity (Wildman–Crippen MR) is 19.3 cm³/mol. The zero-order valence-corrected chi connectivity index (χ0v) is 3.34. The smallest absolute Gasteiger partial charge is 0.332 e. The fourth-order valence-corrected chi connectivity index (χ4v) is 0. The summed E-state index contributed by atoms with van der Waals surface area (Å²) in [6.45, 7) is 1.23. The topological polar surface area (TPSA) is 57.5 Å². The molecule has 0 radical (unpaired) electrons. The fraction of sp³-hybridized carbons (Fsp3) is 0.667. The van der Waals surface area contributed by atoms with Gasteiger partial charge in [-0.3, -0.25) is 0 Å². The van der Waals surface area contributed by atoms with Crippen LogP contribution in [0.4, 0.5) is 0 Å². The maximum absolute atomic E-state index is 9.85. The van der Waals surface area contributed by atoms with Gasteiger partial charge >= 0.3 is 5.97 Å². The van der Waals surface area contributed by atoms with E-state index in [0.717, 1.165) is 0 Å². The highest BCUT2D eigenvalue weighted by Crippen LogP contribution is 1.73. The molecule has 6 heavy (non-hydrogen) atoms. The number of aliphatic hydroxyl groups is 1. The average Bonchev–Trinajstić information content (AvgIpc) is 1.65. The van der Waals surface area contributed by atoms with Crippen LogP contribution in [0.2, 0.25) is 0 Å². The van der Waals surface area contributed by atoms with Gasteiger partial charge < -0.3 is 10.2 Å². The van der Waals surface area contributed by atoms with E-state index in [1.807, 2.05) is 0 Å². The zero-order chi connectivity index (χ0) is 5.86. The van der Waals surface area contributed by atoms with Crippen molar-refractivity contribution in [2.45, 2.75) is 13.0 Å². The summed E-state index contributed by atoms with van der Waals surface area (Å²) >= 11 is 0. The van der Waals surface area contributed by atoms with E-state index in [9.17, 15) is 4.79 Å². The molecule has 0 spiro atoms. The van der Waals surface area contributed by atoms with Crippen LogP contribution in [0, 0.1) is 0 Å². The molecule has 0 aliphatic heterocycles. The number of carboxylic acids is 1. The average molecular weight is 91.1 g/mol. The van der Waals surface area contributed by atoms with Gasteiger partial charge in [-0.05, 0) is 6.92 Å². The Bertz CT molecular complexity index is 70.6. The quantitative estimate of drug-likeness (QED) is 0.455. The molecule has 0 saturated heterocycles. The van der Waals surface area contributed by atoms with Crippen molar-refractivity contribution in [3.8, 4) is 0 Å². The van der Waals surface area contributed by atoms with Crippen LogP contribution in [-0.4, -0.2) is 22.3 Å². The first-order valence-electron chi connectivity index (χ1n) is 1.94. The van der Waals surface area contributed by atoms with Gasteiger partial charge in [-0.2, -0.15) is 0 Å². The highest BCUT2D eigenvalue weighted by atomic mass is 16.4. The molecule has 0 aromatic heterocycles. The van der Waals surface area contributed by atoms with Gasteiger partial charge in [-0.1, -0.05) is 0 Å². The first kappa shape index (κ1) is 3.61. The molecule has 0 aromatic carbocycles. The molecule has 3 nitrogen and oxygen atoms in total. The minimum Gasteiger partial charge on any atom is -0.479 e. The molecule has 0 aliphatic carbocycles. The third kappa shape index (κ3) is 1.72. The highest BCUT2D eigenvalue weighted by Gasteiger charge is 2.01. The standard InChI is InChI=1S/C3H6O3/c1-2(4)3(5)6/h2,4H,1H3,(H,5,6)/i/hD. The second-order valence-corrected chi connectivity index (χ2v) is 0.995. The van der Waals surface area contributed by atoms with Crippen LogP contribution < -0.4 is 0 Å². The van der Waals surface area contributed by atoms with Crippen LogP contribution in [0.5, 0.6) is 0 Å². The van der Waals surface area contributed by atoms with E-state index in [4.69, 9.17) is 6.54 Å². The van der Waals surface area contributed by atoms with Crippen molar-refractivity contribution in [1.82, 2.24) is 0 Å². The van der Waals surface area contributed by atoms with Crippen LogP contribution in [0.15, 0.2) is 0 Å². The molecule has 0 saturated carbocycles. The van der Waals surface area contributed by atoms with Crippen molar-refractivity contribution in [2.75, 3.05) is 0 Å². The van der Waals surface area contributed by atoms with Crippen molar-refractivity contribution >= 4 is 5.97 Å². The molecule has 0 bridgehead atoms. The monoisotopic (exact) mass is 91.0 g/mol. The molecular formula is C3H6O3. The van der Waals surface area contributed by atoms with Gasteiger partial charge in [0.15, 0.2) is 0 Å². The molecule has 2 N–H and O–H groups in total. The SMILES string of the molecule is [2H]OC(=O)C(C)O. The summed E-state index contributed by atoms with van der Waals surface area (Å²) in [5.74, 6) is -0.931. The van der Waals surface area contributed by atoms with E-state index in [1.165, 1.54) is 6.92 Å². The predicted octanol–water partition coefficient (Wildman–Crippen LogP) is -0.548. The Morgan fingerprint density at radius 3 is 2.67 bits per heavy atom. The normalized spacial score (nSPS) is 15.3. The summed E-state index contributed by atoms with van der Waals surface area (Å²) in [7, 11) is 0. The van der Waals surface area contributed by atoms with Gasteiger partial charge in [0.25, 0.3) is 1.43 Å². The molecule has 0 fully saturated rings. The van der Waals surface area contributed by atoms with Crippen molar-refractivity contribution in [1.29, 1.82) is 1.43 Å². The molecule has 0 aliphatic rings. The molecular weight excluding hydrogens is 84.0 g/mol. The number of carboxylic acid groups (broad SMARTS) is 1. The third-order valence-corrected chi connectivity index (χ3v) is 0.341. The molecule has 1 atom stereocenters. The van der Waals surface area contributed by atoms with E-state index in [2.05, 4.69) is 5.11 Å². The van der Waals surface area contributed by atoms with E-state index in [0.29, 0.717) is 0 Å². The first-order chi connectivity index (χ1) is 3.18. The molecule has 0 aromatic rings. The third-order valence-electron chi connectivity index (χ3n) is 0.341. The van der Waals surface area contributed by atoms with Crippen LogP contribution >= 0.6 is 0 Å². The molecule has 3 heteroatoms. The Morgan fingerprint density at radius 2 is 2.67 bits per heavy atom. The summed E-state index contributed by atoms with van der Waals surface area (Å²) in [5, 5.41) is 11.6. The van der Waals surface area contributed by atoms with Crippen LogP contribution in [0.3, 0.4) is 0 Å². The second kappa shape index (κ2) is 1.77. The van der Waals surface area contributed by atoms with E-state index < -0.39 is 12.1 Å². The lowest BCUT2D eigenvalue weighted by molar-refractivity contribution is -0.145. The molecule has 0 amide bonds. The van der Waals surface area contributed by atoms with Gasteiger partial charge in [-0.15, -0.1) is 0 Å². The van der Waals surface area contributed by atoms with Crippen molar-refractivity contribution in [3.05, 3.63) is 0 Å². The lowest BCUT2D eigenvalue weighted by atomic mass is 10.4. The van der Waals surface area contributed by atoms with Crippen LogP contribution in [-0.2, 0) is 4.79 Å². The van der Waals surface area contributed by atoms with Crippen LogP contribution in [0.25, 0.3) is 1.43 Å². The number of carbonyl (C=O) groups is 1. The number of hydrogen-bond donors (Lipinski definition) is 2. The number of rotatable bonds is 1. The Balaban J connectivity index is 3.35. The Kier molecular flexibility index (Phi) is 1.06. The summed E-state index contributed by atoms with van der Waals surface area (Å²) in [6, 6.07) is 0. The van der Waals surface area contributed by atoms with Crippen molar-refractivity contribution in [2.24, 2.45) is 0 Å². The highest BCUT2D eigenvalue weighted by molar-refractivity contribution is 5.71. The minimum atomic E-state index is -1.18. The van der Waals surface area contributed by atoms with Crippen molar-refractivity contribution < 1.29 is 15.0 Å². The maximum Gasteiger partial charge on any atom is 0.332 e. The number of aliphatic hydroxyl groups excluding tert-OH is 1. The van der Waals surface area contributed by atoms with Gasteiger partial charge in [0.2, 0.25) is 0 Å². The van der Waals surface area contributed by atoms with Gasteiger partial charge in [0.1, 0.15) is 6.10 Å². The second-order valence-electron chi connectivity index (χ2n) is 0.995. The van der Waals surface area contributed by atoms with Gasteiger partial charge in [0, 0.05) is 0 Å². The first-order valence-corrected chi connectivity index (χ1v) is 1.53. The Labute approximate surface area is 36.7 Å². The minimum absolute atomic E-state index is 0.931. The van der Waals surface area contributed by atoms with E-state index in [1.54, 1.807) is 0 Å². The van der Waals surface area contributed by atoms with Crippen molar-refractivity contribution in [3.63, 3.8) is 0 Å². The lowest BCUT2D eigenvalue weighted by Crippen LogP contribution is -2.13. The lowest BCUT2D eigenvalue weighted by Gasteiger charge is -1.89. The number of hydrogen-bond acceptors (Lipinski definition) is 3. The summed E-state index contributed by atoms with van der Waals surface area (Å²) in [6.07, 6.45) is -1.18. The summed E-state index contributed by atoms with van der Waals surface area (Å²) in [4.78, 5) is 9.85. The Hall–Kier alpha value is -0.570. The molecule has 0 heterocycles. The fourth-order valence-electron chi connectivity index (χ4n) is 0. The van der Waals surface area contributed by atoms with E-state index in [-0.39, 0.29) is 0 Å². The molecule has 36 valence electrons. The maximum atomic E-state index is 9.85. The largest absolute Gasteiger partial charge is 0.479 e. The van der Waals surface area contributed by atoms with Gasteiger partial charge in [-0.25, -0.2) is 4.79 Å². The Morgan fingerprint density at radius 1 is 2.17 bits per heavy atom.